The van der Waals surface area contributed by atoms with Gasteiger partial charge in [-0.1, -0.05) is 19.8 Å². The molecule has 0 aromatic heterocycles. The van der Waals surface area contributed by atoms with Crippen molar-refractivity contribution in [3.05, 3.63) is 0 Å². The zero-order chi connectivity index (χ0) is 12.0. The van der Waals surface area contributed by atoms with Crippen LogP contribution in [0.4, 0.5) is 0 Å². The summed E-state index contributed by atoms with van der Waals surface area (Å²) in [6, 6.07) is 0. The molecule has 0 heterocycles. The standard InChI is InChI=1S/C12H26N2O2/c1-10-5-4-6-12(7-10)16-9-11(15)8-13-14(2)3/h10-13,15H,4-9H2,1-3H3. The maximum absolute atomic E-state index is 9.68. The Kier molecular flexibility index (Phi) is 6.28. The third-order valence-electron chi connectivity index (χ3n) is 3.06. The second-order valence-corrected chi connectivity index (χ2v) is 5.14. The van der Waals surface area contributed by atoms with E-state index >= 15 is 0 Å². The SMILES string of the molecule is CC1CCCC(OCC(O)CNN(C)C)C1. The van der Waals surface area contributed by atoms with Crippen LogP contribution in [0.25, 0.3) is 0 Å². The number of hydrazine groups is 1. The van der Waals surface area contributed by atoms with Gasteiger partial charge in [0.15, 0.2) is 0 Å². The van der Waals surface area contributed by atoms with E-state index in [0.717, 1.165) is 18.8 Å². The maximum atomic E-state index is 9.68. The normalized spacial score (nSPS) is 28.3. The number of ether oxygens (including phenoxy) is 1. The fourth-order valence-electron chi connectivity index (χ4n) is 2.12. The first-order valence-electron chi connectivity index (χ1n) is 6.28. The summed E-state index contributed by atoms with van der Waals surface area (Å²) < 4.78 is 5.74. The highest BCUT2D eigenvalue weighted by Gasteiger charge is 2.20. The van der Waals surface area contributed by atoms with Crippen molar-refractivity contribution in [2.24, 2.45) is 5.92 Å². The van der Waals surface area contributed by atoms with Gasteiger partial charge in [0, 0.05) is 20.6 Å². The van der Waals surface area contributed by atoms with Crippen molar-refractivity contribution < 1.29 is 9.84 Å². The molecule has 16 heavy (non-hydrogen) atoms. The van der Waals surface area contributed by atoms with Gasteiger partial charge in [-0.05, 0) is 18.8 Å². The molecule has 0 aliphatic heterocycles. The van der Waals surface area contributed by atoms with E-state index in [0.29, 0.717) is 19.3 Å². The Balaban J connectivity index is 2.08. The number of hydrogen-bond donors (Lipinski definition) is 2. The fraction of sp³-hybridized carbons (Fsp3) is 1.00. The van der Waals surface area contributed by atoms with Gasteiger partial charge >= 0.3 is 0 Å². The van der Waals surface area contributed by atoms with Crippen LogP contribution >= 0.6 is 0 Å². The molecular formula is C12H26N2O2. The molecule has 4 nitrogen and oxygen atoms in total. The molecule has 4 heteroatoms. The van der Waals surface area contributed by atoms with Crippen molar-refractivity contribution in [3.63, 3.8) is 0 Å². The molecular weight excluding hydrogens is 204 g/mol. The van der Waals surface area contributed by atoms with Gasteiger partial charge in [-0.25, -0.2) is 0 Å². The van der Waals surface area contributed by atoms with Crippen molar-refractivity contribution in [1.82, 2.24) is 10.4 Å². The quantitative estimate of drug-likeness (QED) is 0.668. The Morgan fingerprint density at radius 1 is 1.44 bits per heavy atom. The molecule has 0 amide bonds. The Morgan fingerprint density at radius 3 is 2.81 bits per heavy atom. The number of aliphatic hydroxyl groups is 1. The minimum absolute atomic E-state index is 0.359. The first-order chi connectivity index (χ1) is 7.58. The van der Waals surface area contributed by atoms with E-state index < -0.39 is 6.10 Å². The second-order valence-electron chi connectivity index (χ2n) is 5.14. The summed E-state index contributed by atoms with van der Waals surface area (Å²) in [5, 5.41) is 11.5. The zero-order valence-electron chi connectivity index (χ0n) is 10.8. The minimum atomic E-state index is -0.417. The van der Waals surface area contributed by atoms with Crippen LogP contribution in [0.1, 0.15) is 32.6 Å². The Morgan fingerprint density at radius 2 is 2.19 bits per heavy atom. The van der Waals surface area contributed by atoms with Gasteiger partial charge in [0.1, 0.15) is 0 Å². The van der Waals surface area contributed by atoms with Crippen LogP contribution in [0, 0.1) is 5.92 Å². The van der Waals surface area contributed by atoms with Gasteiger partial charge in [0.25, 0.3) is 0 Å². The van der Waals surface area contributed by atoms with Gasteiger partial charge in [-0.2, -0.15) is 0 Å². The molecule has 0 spiro atoms. The van der Waals surface area contributed by atoms with Gasteiger partial charge in [0.05, 0.1) is 18.8 Å². The Bertz CT molecular complexity index is 188. The molecule has 1 rings (SSSR count). The van der Waals surface area contributed by atoms with Crippen LogP contribution < -0.4 is 5.43 Å². The molecule has 1 aliphatic rings. The first kappa shape index (κ1) is 13.9. The number of hydrogen-bond acceptors (Lipinski definition) is 4. The molecule has 1 fully saturated rings. The van der Waals surface area contributed by atoms with Crippen LogP contribution in [0.5, 0.6) is 0 Å². The smallest absolute Gasteiger partial charge is 0.0911 e. The molecule has 0 radical (unpaired) electrons. The molecule has 2 N–H and O–H groups in total. The van der Waals surface area contributed by atoms with Gasteiger partial charge in [-0.15, -0.1) is 0 Å². The van der Waals surface area contributed by atoms with Crippen molar-refractivity contribution in [3.8, 4) is 0 Å². The lowest BCUT2D eigenvalue weighted by Gasteiger charge is -2.27. The largest absolute Gasteiger partial charge is 0.389 e. The van der Waals surface area contributed by atoms with Crippen LogP contribution in [0.2, 0.25) is 0 Å². The summed E-state index contributed by atoms with van der Waals surface area (Å²) in [6.45, 7) is 3.27. The first-order valence-corrected chi connectivity index (χ1v) is 6.28. The lowest BCUT2D eigenvalue weighted by molar-refractivity contribution is -0.0339. The third-order valence-corrected chi connectivity index (χ3v) is 3.06. The van der Waals surface area contributed by atoms with E-state index in [1.807, 2.05) is 19.1 Å². The Labute approximate surface area is 98.9 Å². The number of nitrogens with zero attached hydrogens (tertiary/aromatic N) is 1. The van der Waals surface area contributed by atoms with Crippen LogP contribution in [-0.4, -0.2) is 49.6 Å². The summed E-state index contributed by atoms with van der Waals surface area (Å²) in [7, 11) is 3.83. The molecule has 0 saturated heterocycles. The molecule has 1 aliphatic carbocycles. The highest BCUT2D eigenvalue weighted by molar-refractivity contribution is 4.71. The topological polar surface area (TPSA) is 44.7 Å². The fourth-order valence-corrected chi connectivity index (χ4v) is 2.12. The average Bonchev–Trinajstić information content (AvgIpc) is 2.23. The monoisotopic (exact) mass is 230 g/mol. The van der Waals surface area contributed by atoms with Crippen LogP contribution in [-0.2, 0) is 4.74 Å². The van der Waals surface area contributed by atoms with Gasteiger partial charge in [-0.3, -0.25) is 10.4 Å². The van der Waals surface area contributed by atoms with Crippen molar-refractivity contribution in [1.29, 1.82) is 0 Å². The van der Waals surface area contributed by atoms with E-state index in [2.05, 4.69) is 12.3 Å². The lowest BCUT2D eigenvalue weighted by Crippen LogP contribution is -2.39. The third kappa shape index (κ3) is 5.80. The molecule has 3 atom stereocenters. The molecule has 0 bridgehead atoms. The summed E-state index contributed by atoms with van der Waals surface area (Å²) >= 11 is 0. The number of aliphatic hydroxyl groups excluding tert-OH is 1. The molecule has 0 aromatic carbocycles. The molecule has 0 aromatic rings. The predicted octanol–water partition coefficient (Wildman–Crippen LogP) is 1.01. The van der Waals surface area contributed by atoms with Crippen molar-refractivity contribution in [2.75, 3.05) is 27.2 Å². The Hall–Kier alpha value is -0.160. The average molecular weight is 230 g/mol. The predicted molar refractivity (Wildman–Crippen MR) is 65.1 cm³/mol. The van der Waals surface area contributed by atoms with E-state index in [4.69, 9.17) is 4.74 Å². The molecule has 1 saturated carbocycles. The highest BCUT2D eigenvalue weighted by atomic mass is 16.5. The highest BCUT2D eigenvalue weighted by Crippen LogP contribution is 2.25. The molecule has 3 unspecified atom stereocenters. The van der Waals surface area contributed by atoms with Crippen LogP contribution in [0.3, 0.4) is 0 Å². The van der Waals surface area contributed by atoms with Gasteiger partial charge in [0.2, 0.25) is 0 Å². The minimum Gasteiger partial charge on any atom is -0.389 e. The number of nitrogens with one attached hydrogen (secondary N) is 1. The zero-order valence-corrected chi connectivity index (χ0v) is 10.8. The lowest BCUT2D eigenvalue weighted by atomic mass is 9.89. The van der Waals surface area contributed by atoms with Gasteiger partial charge < -0.3 is 9.84 Å². The van der Waals surface area contributed by atoms with Crippen molar-refractivity contribution >= 4 is 0 Å². The van der Waals surface area contributed by atoms with E-state index in [9.17, 15) is 5.11 Å². The van der Waals surface area contributed by atoms with E-state index in [1.54, 1.807) is 0 Å². The molecule has 96 valence electrons. The van der Waals surface area contributed by atoms with Crippen molar-refractivity contribution in [2.45, 2.75) is 44.8 Å². The second kappa shape index (κ2) is 7.22. The summed E-state index contributed by atoms with van der Waals surface area (Å²) in [6.07, 6.45) is 4.83. The van der Waals surface area contributed by atoms with Crippen LogP contribution in [0.15, 0.2) is 0 Å². The van der Waals surface area contributed by atoms with E-state index in [-0.39, 0.29) is 0 Å². The maximum Gasteiger partial charge on any atom is 0.0911 e. The summed E-state index contributed by atoms with van der Waals surface area (Å²) in [5.41, 5.74) is 3.05. The van der Waals surface area contributed by atoms with E-state index in [1.165, 1.54) is 12.8 Å². The summed E-state index contributed by atoms with van der Waals surface area (Å²) in [4.78, 5) is 0. The number of rotatable bonds is 6. The summed E-state index contributed by atoms with van der Waals surface area (Å²) in [5.74, 6) is 0.774.